The Bertz CT molecular complexity index is 1080. The second-order valence-electron chi connectivity index (χ2n) is 6.69. The van der Waals surface area contributed by atoms with Gasteiger partial charge in [-0.15, -0.1) is 0 Å². The Morgan fingerprint density at radius 2 is 1.88 bits per heavy atom. The molecule has 8 nitrogen and oxygen atoms in total. The van der Waals surface area contributed by atoms with Crippen molar-refractivity contribution in [1.29, 1.82) is 0 Å². The van der Waals surface area contributed by atoms with Crippen LogP contribution in [0.25, 0.3) is 6.08 Å². The molecule has 1 saturated heterocycles. The Labute approximate surface area is 179 Å². The van der Waals surface area contributed by atoms with Crippen LogP contribution < -0.4 is 15.8 Å². The van der Waals surface area contributed by atoms with Crippen LogP contribution in [0, 0.1) is 0 Å². The maximum Gasteiger partial charge on any atom is 0.419 e. The maximum atomic E-state index is 13.6. The number of amides is 2. The number of cyclic esters (lactones) is 1. The van der Waals surface area contributed by atoms with Gasteiger partial charge in [0.1, 0.15) is 17.5 Å². The average molecular weight is 450 g/mol. The highest BCUT2D eigenvalue weighted by Crippen LogP contribution is 2.39. The van der Waals surface area contributed by atoms with Crippen molar-refractivity contribution in [3.63, 3.8) is 0 Å². The first-order chi connectivity index (χ1) is 15.1. The number of nitrogens with one attached hydrogen (secondary N) is 1. The number of halogens is 3. The Morgan fingerprint density at radius 1 is 1.19 bits per heavy atom. The topological polar surface area (TPSA) is 117 Å². The molecule has 32 heavy (non-hydrogen) atoms. The maximum absolute atomic E-state index is 13.6. The van der Waals surface area contributed by atoms with Crippen LogP contribution in [0.3, 0.4) is 0 Å². The molecule has 1 heterocycles. The molecule has 168 valence electrons. The van der Waals surface area contributed by atoms with Crippen molar-refractivity contribution in [3.8, 4) is 11.5 Å². The minimum absolute atomic E-state index is 0.101. The number of imide groups is 1. The van der Waals surface area contributed by atoms with E-state index in [4.69, 9.17) is 10.5 Å². The van der Waals surface area contributed by atoms with Crippen LogP contribution >= 0.6 is 0 Å². The fraction of sp³-hybridized carbons (Fsp3) is 0.190. The van der Waals surface area contributed by atoms with Crippen molar-refractivity contribution >= 4 is 24.0 Å². The van der Waals surface area contributed by atoms with Gasteiger partial charge in [-0.25, -0.2) is 4.79 Å². The largest absolute Gasteiger partial charge is 0.468 e. The zero-order chi connectivity index (χ0) is 23.5. The fourth-order valence-electron chi connectivity index (χ4n) is 2.83. The van der Waals surface area contributed by atoms with Crippen molar-refractivity contribution < 1.29 is 41.8 Å². The summed E-state index contributed by atoms with van der Waals surface area (Å²) >= 11 is 0. The quantitative estimate of drug-likeness (QED) is 0.513. The highest BCUT2D eigenvalue weighted by molar-refractivity contribution is 6.09. The van der Waals surface area contributed by atoms with E-state index in [0.29, 0.717) is 5.56 Å². The van der Waals surface area contributed by atoms with Crippen LogP contribution in [0.15, 0.2) is 48.2 Å². The second-order valence-corrected chi connectivity index (χ2v) is 6.69. The summed E-state index contributed by atoms with van der Waals surface area (Å²) in [5.41, 5.74) is 5.24. The molecule has 0 radical (unpaired) electrons. The number of methoxy groups -OCH3 is 1. The molecule has 2 aromatic carbocycles. The molecule has 2 aromatic rings. The number of carbonyl (C=O) groups is 3. The number of hydrogen-bond donors (Lipinski definition) is 2. The molecule has 0 saturated carbocycles. The lowest BCUT2D eigenvalue weighted by Gasteiger charge is -2.16. The molecule has 0 spiro atoms. The number of carbonyl (C=O) groups excluding carboxylic acids is 3. The van der Waals surface area contributed by atoms with Gasteiger partial charge in [-0.2, -0.15) is 13.2 Å². The summed E-state index contributed by atoms with van der Waals surface area (Å²) in [6.45, 7) is 0. The van der Waals surface area contributed by atoms with Crippen LogP contribution in [-0.2, 0) is 31.7 Å². The zero-order valence-electron chi connectivity index (χ0n) is 16.6. The highest BCUT2D eigenvalue weighted by atomic mass is 19.4. The number of ether oxygens (including phenoxy) is 3. The Kier molecular flexibility index (Phi) is 6.49. The predicted molar refractivity (Wildman–Crippen MR) is 104 cm³/mol. The van der Waals surface area contributed by atoms with Gasteiger partial charge in [-0.05, 0) is 47.9 Å². The first kappa shape index (κ1) is 22.8. The molecule has 1 aliphatic rings. The van der Waals surface area contributed by atoms with Crippen LogP contribution in [0.2, 0.25) is 0 Å². The first-order valence-corrected chi connectivity index (χ1v) is 9.13. The van der Waals surface area contributed by atoms with E-state index in [1.165, 1.54) is 36.4 Å². The highest BCUT2D eigenvalue weighted by Gasteiger charge is 2.35. The Hall–Kier alpha value is -3.86. The average Bonchev–Trinajstić information content (AvgIpc) is 3.05. The third kappa shape index (κ3) is 5.43. The van der Waals surface area contributed by atoms with E-state index in [1.54, 1.807) is 0 Å². The van der Waals surface area contributed by atoms with E-state index in [-0.39, 0.29) is 23.5 Å². The van der Waals surface area contributed by atoms with E-state index < -0.39 is 41.5 Å². The summed E-state index contributed by atoms with van der Waals surface area (Å²) < 4.78 is 55.3. The van der Waals surface area contributed by atoms with Crippen molar-refractivity contribution in [2.24, 2.45) is 5.73 Å². The molecule has 1 unspecified atom stereocenters. The minimum Gasteiger partial charge on any atom is -0.468 e. The van der Waals surface area contributed by atoms with E-state index in [1.807, 2.05) is 5.32 Å². The molecular weight excluding hydrogens is 433 g/mol. The molecule has 3 rings (SSSR count). The number of benzene rings is 2. The summed E-state index contributed by atoms with van der Waals surface area (Å²) in [6.07, 6.45) is -4.45. The van der Waals surface area contributed by atoms with Crippen molar-refractivity contribution in [2.75, 3.05) is 7.11 Å². The van der Waals surface area contributed by atoms with Crippen LogP contribution in [0.4, 0.5) is 18.0 Å². The summed E-state index contributed by atoms with van der Waals surface area (Å²) in [7, 11) is 1.14. The monoisotopic (exact) mass is 450 g/mol. The van der Waals surface area contributed by atoms with E-state index in [0.717, 1.165) is 19.2 Å². The molecule has 1 aliphatic heterocycles. The van der Waals surface area contributed by atoms with Gasteiger partial charge in [0.2, 0.25) is 0 Å². The number of alkyl carbamates (subject to hydrolysis) is 1. The summed E-state index contributed by atoms with van der Waals surface area (Å²) in [4.78, 5) is 33.9. The molecule has 2 amide bonds. The number of alkyl halides is 3. The Morgan fingerprint density at radius 3 is 2.44 bits per heavy atom. The van der Waals surface area contributed by atoms with Crippen molar-refractivity contribution in [1.82, 2.24) is 5.32 Å². The third-order valence-electron chi connectivity index (χ3n) is 4.36. The van der Waals surface area contributed by atoms with Gasteiger partial charge in [0.25, 0.3) is 5.91 Å². The van der Waals surface area contributed by atoms with E-state index >= 15 is 0 Å². The van der Waals surface area contributed by atoms with Crippen LogP contribution in [0.1, 0.15) is 16.7 Å². The smallest absolute Gasteiger partial charge is 0.419 e. The number of hydrogen-bond acceptors (Lipinski definition) is 7. The fourth-order valence-corrected chi connectivity index (χ4v) is 2.83. The van der Waals surface area contributed by atoms with E-state index in [2.05, 4.69) is 9.47 Å². The number of nitrogens with two attached hydrogens (primary N) is 1. The van der Waals surface area contributed by atoms with Crippen molar-refractivity contribution in [2.45, 2.75) is 18.6 Å². The van der Waals surface area contributed by atoms with Crippen molar-refractivity contribution in [3.05, 3.63) is 64.9 Å². The number of rotatable bonds is 6. The van der Waals surface area contributed by atoms with Crippen LogP contribution in [0.5, 0.6) is 11.5 Å². The first-order valence-electron chi connectivity index (χ1n) is 9.13. The lowest BCUT2D eigenvalue weighted by atomic mass is 10.0. The standard InChI is InChI=1S/C21H17F3N2O6/c1-30-19(28)15(25)9-12-4-7-16(14(8-12)21(22,23)24)31-13-5-2-11(3-6-13)10-17-18(27)26-20(29)32-17/h2-8,10,15H,9,25H2,1H3,(H,26,27,29). The minimum atomic E-state index is -4.72. The third-order valence-corrected chi connectivity index (χ3v) is 4.36. The van der Waals surface area contributed by atoms with Gasteiger partial charge in [0.15, 0.2) is 5.76 Å². The zero-order valence-corrected chi connectivity index (χ0v) is 16.6. The normalized spacial score (nSPS) is 15.8. The molecule has 1 atom stereocenters. The summed E-state index contributed by atoms with van der Waals surface area (Å²) in [6, 6.07) is 8.00. The number of esters is 1. The van der Waals surface area contributed by atoms with Gasteiger partial charge in [-0.3, -0.25) is 14.9 Å². The van der Waals surface area contributed by atoms with Gasteiger partial charge in [0, 0.05) is 0 Å². The van der Waals surface area contributed by atoms with Crippen LogP contribution in [-0.4, -0.2) is 31.1 Å². The lowest BCUT2D eigenvalue weighted by molar-refractivity contribution is -0.142. The lowest BCUT2D eigenvalue weighted by Crippen LogP contribution is -2.33. The summed E-state index contributed by atoms with van der Waals surface area (Å²) in [5.74, 6) is -1.98. The Balaban J connectivity index is 1.80. The molecule has 11 heteroatoms. The summed E-state index contributed by atoms with van der Waals surface area (Å²) in [5, 5.41) is 1.94. The molecule has 0 aromatic heterocycles. The van der Waals surface area contributed by atoms with Gasteiger partial charge in [-0.1, -0.05) is 18.2 Å². The van der Waals surface area contributed by atoms with E-state index in [9.17, 15) is 27.6 Å². The predicted octanol–water partition coefficient (Wildman–Crippen LogP) is 3.15. The molecular formula is C21H17F3N2O6. The SMILES string of the molecule is COC(=O)C(N)Cc1ccc(Oc2ccc(C=C3OC(=O)NC3=O)cc2)c(C(F)(F)F)c1. The molecule has 0 bridgehead atoms. The molecule has 0 aliphatic carbocycles. The second kappa shape index (κ2) is 9.10. The van der Waals surface area contributed by atoms with Gasteiger partial charge in [0.05, 0.1) is 12.7 Å². The van der Waals surface area contributed by atoms with Gasteiger partial charge >= 0.3 is 18.2 Å². The molecule has 3 N–H and O–H groups in total. The van der Waals surface area contributed by atoms with Gasteiger partial charge < -0.3 is 19.9 Å². The molecule has 1 fully saturated rings.